The van der Waals surface area contributed by atoms with Gasteiger partial charge in [0.15, 0.2) is 0 Å². The van der Waals surface area contributed by atoms with Crippen molar-refractivity contribution in [3.8, 4) is 0 Å². The second kappa shape index (κ2) is 4.49. The molecule has 1 aromatic carbocycles. The van der Waals surface area contributed by atoms with Crippen molar-refractivity contribution in [3.05, 3.63) is 41.5 Å². The van der Waals surface area contributed by atoms with Crippen LogP contribution in [0.5, 0.6) is 0 Å². The molecule has 1 aliphatic heterocycles. The Morgan fingerprint density at radius 1 is 1.50 bits per heavy atom. The third kappa shape index (κ3) is 2.14. The van der Waals surface area contributed by atoms with Crippen LogP contribution in [0.4, 0.5) is 0 Å². The largest absolute Gasteiger partial charge is 0.468 e. The normalized spacial score (nSPS) is 19.4. The summed E-state index contributed by atoms with van der Waals surface area (Å²) in [5.41, 5.74) is 3.54. The Balaban J connectivity index is 2.21. The minimum absolute atomic E-state index is 0.234. The van der Waals surface area contributed by atoms with E-state index in [2.05, 4.69) is 30.4 Å². The molecule has 0 aliphatic carbocycles. The summed E-state index contributed by atoms with van der Waals surface area (Å²) in [6, 6.07) is 7.95. The Morgan fingerprint density at radius 2 is 2.31 bits per heavy atom. The van der Waals surface area contributed by atoms with Crippen LogP contribution in [0.25, 0.3) is 5.57 Å². The van der Waals surface area contributed by atoms with Crippen LogP contribution < -0.4 is 5.32 Å². The predicted octanol–water partition coefficient (Wildman–Crippen LogP) is 1.52. The van der Waals surface area contributed by atoms with Gasteiger partial charge in [0.05, 0.1) is 7.11 Å². The molecule has 0 saturated carbocycles. The maximum atomic E-state index is 11.3. The van der Waals surface area contributed by atoms with Gasteiger partial charge in [0.2, 0.25) is 0 Å². The zero-order chi connectivity index (χ0) is 11.5. The smallest absolute Gasteiger partial charge is 0.326 e. The fourth-order valence-corrected chi connectivity index (χ4v) is 1.86. The molecule has 3 nitrogen and oxygen atoms in total. The molecule has 0 amide bonds. The van der Waals surface area contributed by atoms with Crippen molar-refractivity contribution < 1.29 is 9.53 Å². The Labute approximate surface area is 95.1 Å². The number of ether oxygens (including phenoxy) is 1. The average Bonchev–Trinajstić information content (AvgIpc) is 2.77. The minimum atomic E-state index is -0.305. The van der Waals surface area contributed by atoms with E-state index in [0.717, 1.165) is 5.57 Å². The first kappa shape index (κ1) is 10.9. The molecule has 2 rings (SSSR count). The van der Waals surface area contributed by atoms with E-state index in [0.29, 0.717) is 6.54 Å². The van der Waals surface area contributed by atoms with Crippen LogP contribution in [0.15, 0.2) is 30.3 Å². The van der Waals surface area contributed by atoms with E-state index >= 15 is 0 Å². The number of benzene rings is 1. The van der Waals surface area contributed by atoms with Crippen molar-refractivity contribution in [2.75, 3.05) is 13.7 Å². The molecule has 0 aromatic heterocycles. The number of methoxy groups -OCH3 is 1. The molecule has 0 fully saturated rings. The first-order valence-corrected chi connectivity index (χ1v) is 5.29. The maximum absolute atomic E-state index is 11.3. The van der Waals surface area contributed by atoms with Gasteiger partial charge in [-0.15, -0.1) is 0 Å². The number of aryl methyl sites for hydroxylation is 1. The van der Waals surface area contributed by atoms with Crippen LogP contribution in [-0.2, 0) is 9.53 Å². The van der Waals surface area contributed by atoms with Crippen LogP contribution in [0.2, 0.25) is 0 Å². The lowest BCUT2D eigenvalue weighted by molar-refractivity contribution is -0.141. The maximum Gasteiger partial charge on any atom is 0.326 e. The molecule has 0 radical (unpaired) electrons. The summed E-state index contributed by atoms with van der Waals surface area (Å²) in [6.07, 6.45) is 1.93. The lowest BCUT2D eigenvalue weighted by Crippen LogP contribution is -2.31. The Morgan fingerprint density at radius 3 is 3.00 bits per heavy atom. The van der Waals surface area contributed by atoms with Crippen LogP contribution in [0.1, 0.15) is 11.1 Å². The molecule has 84 valence electrons. The highest BCUT2D eigenvalue weighted by molar-refractivity contribution is 5.84. The second-order valence-electron chi connectivity index (χ2n) is 3.94. The molecule has 1 aromatic rings. The molecule has 1 N–H and O–H groups in total. The highest BCUT2D eigenvalue weighted by atomic mass is 16.5. The van der Waals surface area contributed by atoms with Gasteiger partial charge in [-0.1, -0.05) is 35.9 Å². The van der Waals surface area contributed by atoms with Gasteiger partial charge in [-0.05, 0) is 18.1 Å². The summed E-state index contributed by atoms with van der Waals surface area (Å²) in [5.74, 6) is -0.234. The van der Waals surface area contributed by atoms with E-state index in [1.807, 2.05) is 12.1 Å². The highest BCUT2D eigenvalue weighted by Crippen LogP contribution is 2.20. The number of rotatable bonds is 2. The molecule has 0 spiro atoms. The first-order chi connectivity index (χ1) is 7.70. The molecule has 1 atom stereocenters. The van der Waals surface area contributed by atoms with Crippen LogP contribution in [0.3, 0.4) is 0 Å². The van der Waals surface area contributed by atoms with Gasteiger partial charge in [0.25, 0.3) is 0 Å². The van der Waals surface area contributed by atoms with Gasteiger partial charge < -0.3 is 4.74 Å². The van der Waals surface area contributed by atoms with Crippen molar-refractivity contribution in [3.63, 3.8) is 0 Å². The zero-order valence-electron chi connectivity index (χ0n) is 9.49. The van der Waals surface area contributed by atoms with Gasteiger partial charge in [0.1, 0.15) is 6.04 Å². The molecule has 1 heterocycles. The van der Waals surface area contributed by atoms with Gasteiger partial charge in [0, 0.05) is 6.54 Å². The summed E-state index contributed by atoms with van der Waals surface area (Å²) in [4.78, 5) is 11.3. The monoisotopic (exact) mass is 217 g/mol. The van der Waals surface area contributed by atoms with Crippen molar-refractivity contribution in [1.82, 2.24) is 5.32 Å². The second-order valence-corrected chi connectivity index (χ2v) is 3.94. The third-order valence-corrected chi connectivity index (χ3v) is 2.72. The quantitative estimate of drug-likeness (QED) is 0.763. The molecule has 0 unspecified atom stereocenters. The van der Waals surface area contributed by atoms with E-state index in [1.165, 1.54) is 18.2 Å². The fraction of sp³-hybridized carbons (Fsp3) is 0.308. The van der Waals surface area contributed by atoms with Crippen LogP contribution >= 0.6 is 0 Å². The number of hydrogen-bond donors (Lipinski definition) is 1. The van der Waals surface area contributed by atoms with E-state index in [1.54, 1.807) is 0 Å². The molecule has 3 heteroatoms. The number of esters is 1. The summed E-state index contributed by atoms with van der Waals surface area (Å²) in [7, 11) is 1.41. The number of carbonyl (C=O) groups excluding carboxylic acids is 1. The fourth-order valence-electron chi connectivity index (χ4n) is 1.86. The van der Waals surface area contributed by atoms with Gasteiger partial charge >= 0.3 is 5.97 Å². The van der Waals surface area contributed by atoms with Crippen molar-refractivity contribution >= 4 is 11.5 Å². The lowest BCUT2D eigenvalue weighted by atomic mass is 10.0. The number of nitrogens with one attached hydrogen (secondary N) is 1. The van der Waals surface area contributed by atoms with Crippen molar-refractivity contribution in [2.24, 2.45) is 0 Å². The Bertz CT molecular complexity index is 437. The third-order valence-electron chi connectivity index (χ3n) is 2.72. The first-order valence-electron chi connectivity index (χ1n) is 5.29. The van der Waals surface area contributed by atoms with Crippen LogP contribution in [0, 0.1) is 6.92 Å². The summed E-state index contributed by atoms with van der Waals surface area (Å²) < 4.78 is 4.70. The molecule has 0 bridgehead atoms. The number of carbonyl (C=O) groups is 1. The van der Waals surface area contributed by atoms with E-state index in [9.17, 15) is 4.79 Å². The number of hydrogen-bond acceptors (Lipinski definition) is 3. The average molecular weight is 217 g/mol. The Kier molecular flexibility index (Phi) is 3.06. The standard InChI is InChI=1S/C13H15NO2/c1-9-4-3-5-10(6-9)11-7-12(14-8-11)13(15)16-2/h3-7,12,14H,8H2,1-2H3/t12-/m1/s1. The summed E-state index contributed by atoms with van der Waals surface area (Å²) >= 11 is 0. The van der Waals surface area contributed by atoms with Crippen molar-refractivity contribution in [2.45, 2.75) is 13.0 Å². The van der Waals surface area contributed by atoms with Gasteiger partial charge in [-0.25, -0.2) is 0 Å². The Hall–Kier alpha value is -1.61. The predicted molar refractivity (Wildman–Crippen MR) is 63.0 cm³/mol. The van der Waals surface area contributed by atoms with E-state index in [-0.39, 0.29) is 12.0 Å². The van der Waals surface area contributed by atoms with Gasteiger partial charge in [-0.2, -0.15) is 0 Å². The molecular formula is C13H15NO2. The molecule has 0 saturated heterocycles. The minimum Gasteiger partial charge on any atom is -0.468 e. The summed E-state index contributed by atoms with van der Waals surface area (Å²) in [5, 5.41) is 3.11. The molecular weight excluding hydrogens is 202 g/mol. The van der Waals surface area contributed by atoms with E-state index < -0.39 is 0 Å². The molecule has 16 heavy (non-hydrogen) atoms. The topological polar surface area (TPSA) is 38.3 Å². The van der Waals surface area contributed by atoms with Crippen molar-refractivity contribution in [1.29, 1.82) is 0 Å². The summed E-state index contributed by atoms with van der Waals surface area (Å²) in [6.45, 7) is 2.77. The molecule has 1 aliphatic rings. The zero-order valence-corrected chi connectivity index (χ0v) is 9.49. The van der Waals surface area contributed by atoms with Crippen LogP contribution in [-0.4, -0.2) is 25.7 Å². The SMILES string of the molecule is COC(=O)[C@H]1C=C(c2cccc(C)c2)CN1. The van der Waals surface area contributed by atoms with E-state index in [4.69, 9.17) is 4.74 Å². The van der Waals surface area contributed by atoms with Gasteiger partial charge in [-0.3, -0.25) is 10.1 Å². The lowest BCUT2D eigenvalue weighted by Gasteiger charge is -2.04. The highest BCUT2D eigenvalue weighted by Gasteiger charge is 2.22.